The number of thioether (sulfide) groups is 1. The molecule has 0 aliphatic heterocycles. The van der Waals surface area contributed by atoms with Crippen LogP contribution in [0.4, 0.5) is 5.69 Å². The highest BCUT2D eigenvalue weighted by Gasteiger charge is 2.02. The van der Waals surface area contributed by atoms with Crippen molar-refractivity contribution in [1.29, 1.82) is 0 Å². The monoisotopic (exact) mass is 263 g/mol. The predicted molar refractivity (Wildman–Crippen MR) is 76.6 cm³/mol. The van der Waals surface area contributed by atoms with Gasteiger partial charge in [0.05, 0.1) is 0 Å². The zero-order valence-corrected chi connectivity index (χ0v) is 11.2. The Bertz CT molecular complexity index is 508. The van der Waals surface area contributed by atoms with Crippen molar-refractivity contribution in [3.8, 4) is 0 Å². The molecule has 0 amide bonds. The van der Waals surface area contributed by atoms with Crippen LogP contribution in [0.5, 0.6) is 0 Å². The molecule has 88 valence electrons. The van der Waals surface area contributed by atoms with Gasteiger partial charge in [-0.25, -0.2) is 0 Å². The first-order valence-electron chi connectivity index (χ1n) is 5.38. The third kappa shape index (κ3) is 3.42. The van der Waals surface area contributed by atoms with E-state index in [9.17, 15) is 0 Å². The molecule has 3 heteroatoms. The molecule has 17 heavy (non-hydrogen) atoms. The van der Waals surface area contributed by atoms with E-state index in [1.165, 1.54) is 10.5 Å². The Balaban J connectivity index is 2.07. The third-order valence-corrected chi connectivity index (χ3v) is 3.91. The number of hydrogen-bond acceptors (Lipinski definition) is 2. The fraction of sp³-hybridized carbons (Fsp3) is 0.143. The number of nitrogen functional groups attached to an aromatic ring is 1. The molecule has 0 unspecified atom stereocenters. The van der Waals surface area contributed by atoms with Crippen LogP contribution in [0, 0.1) is 6.92 Å². The van der Waals surface area contributed by atoms with Gasteiger partial charge in [-0.3, -0.25) is 0 Å². The first-order valence-corrected chi connectivity index (χ1v) is 6.75. The molecule has 1 nitrogen and oxygen atoms in total. The minimum absolute atomic E-state index is 0.758. The molecule has 2 rings (SSSR count). The van der Waals surface area contributed by atoms with Crippen molar-refractivity contribution in [1.82, 2.24) is 0 Å². The number of halogens is 1. The van der Waals surface area contributed by atoms with E-state index in [1.54, 1.807) is 11.8 Å². The average molecular weight is 264 g/mol. The van der Waals surface area contributed by atoms with Crippen molar-refractivity contribution in [2.24, 2.45) is 0 Å². The van der Waals surface area contributed by atoms with Crippen molar-refractivity contribution >= 4 is 29.1 Å². The summed E-state index contributed by atoms with van der Waals surface area (Å²) in [5.74, 6) is 0.840. The van der Waals surface area contributed by atoms with Gasteiger partial charge < -0.3 is 5.73 Å². The van der Waals surface area contributed by atoms with Gasteiger partial charge in [-0.15, -0.1) is 11.8 Å². The molecule has 0 atom stereocenters. The summed E-state index contributed by atoms with van der Waals surface area (Å²) in [6.07, 6.45) is 0. The van der Waals surface area contributed by atoms with Crippen molar-refractivity contribution in [2.75, 3.05) is 5.73 Å². The molecule has 0 aliphatic rings. The zero-order chi connectivity index (χ0) is 12.3. The maximum Gasteiger partial charge on any atom is 0.0448 e. The van der Waals surface area contributed by atoms with E-state index in [-0.39, 0.29) is 0 Å². The Kier molecular flexibility index (Phi) is 3.97. The van der Waals surface area contributed by atoms with Gasteiger partial charge in [0.15, 0.2) is 0 Å². The van der Waals surface area contributed by atoms with Crippen LogP contribution in [0.15, 0.2) is 47.4 Å². The minimum atomic E-state index is 0.758. The van der Waals surface area contributed by atoms with E-state index in [2.05, 4.69) is 31.2 Å². The minimum Gasteiger partial charge on any atom is -0.399 e. The van der Waals surface area contributed by atoms with Gasteiger partial charge in [0, 0.05) is 21.4 Å². The van der Waals surface area contributed by atoms with Crippen LogP contribution in [0.1, 0.15) is 11.1 Å². The highest BCUT2D eigenvalue weighted by atomic mass is 35.5. The standard InChI is InChI=1S/C14H14ClNS/c1-10-2-5-13(6-3-10)17-9-11-8-12(16)4-7-14(11)15/h2-8H,9,16H2,1H3. The van der Waals surface area contributed by atoms with Gasteiger partial charge in [0.25, 0.3) is 0 Å². The number of rotatable bonds is 3. The van der Waals surface area contributed by atoms with Crippen LogP contribution in [0.25, 0.3) is 0 Å². The summed E-state index contributed by atoms with van der Waals surface area (Å²) >= 11 is 7.88. The average Bonchev–Trinajstić information content (AvgIpc) is 2.32. The second-order valence-electron chi connectivity index (χ2n) is 3.95. The number of aryl methyl sites for hydroxylation is 1. The summed E-state index contributed by atoms with van der Waals surface area (Å²) in [6.45, 7) is 2.09. The highest BCUT2D eigenvalue weighted by Crippen LogP contribution is 2.28. The summed E-state index contributed by atoms with van der Waals surface area (Å²) in [7, 11) is 0. The van der Waals surface area contributed by atoms with Crippen LogP contribution >= 0.6 is 23.4 Å². The third-order valence-electron chi connectivity index (χ3n) is 2.49. The van der Waals surface area contributed by atoms with Crippen LogP contribution < -0.4 is 5.73 Å². The summed E-state index contributed by atoms with van der Waals surface area (Å²) in [6, 6.07) is 14.1. The lowest BCUT2D eigenvalue weighted by molar-refractivity contribution is 1.35. The number of benzene rings is 2. The van der Waals surface area contributed by atoms with Crippen molar-refractivity contribution in [3.63, 3.8) is 0 Å². The van der Waals surface area contributed by atoms with E-state index in [0.717, 1.165) is 22.0 Å². The van der Waals surface area contributed by atoms with Crippen LogP contribution in [0.2, 0.25) is 5.02 Å². The van der Waals surface area contributed by atoms with Gasteiger partial charge in [0.2, 0.25) is 0 Å². The van der Waals surface area contributed by atoms with Crippen molar-refractivity contribution in [3.05, 3.63) is 58.6 Å². The molecule has 0 bridgehead atoms. The van der Waals surface area contributed by atoms with Gasteiger partial charge in [0.1, 0.15) is 0 Å². The normalized spacial score (nSPS) is 10.5. The summed E-state index contributed by atoms with van der Waals surface area (Å²) in [4.78, 5) is 1.24. The molecule has 0 aromatic heterocycles. The van der Waals surface area contributed by atoms with Crippen molar-refractivity contribution in [2.45, 2.75) is 17.6 Å². The van der Waals surface area contributed by atoms with Crippen LogP contribution in [0.3, 0.4) is 0 Å². The van der Waals surface area contributed by atoms with Gasteiger partial charge >= 0.3 is 0 Å². The Morgan fingerprint density at radius 2 is 1.82 bits per heavy atom. The van der Waals surface area contributed by atoms with Crippen molar-refractivity contribution < 1.29 is 0 Å². The number of anilines is 1. The van der Waals surface area contributed by atoms with Crippen LogP contribution in [-0.2, 0) is 5.75 Å². The maximum absolute atomic E-state index is 6.12. The van der Waals surface area contributed by atoms with Gasteiger partial charge in [-0.2, -0.15) is 0 Å². The molecule has 2 aromatic carbocycles. The molecule has 2 N–H and O–H groups in total. The quantitative estimate of drug-likeness (QED) is 0.651. The fourth-order valence-electron chi connectivity index (χ4n) is 1.50. The Morgan fingerprint density at radius 1 is 1.12 bits per heavy atom. The number of nitrogens with two attached hydrogens (primary N) is 1. The highest BCUT2D eigenvalue weighted by molar-refractivity contribution is 7.98. The Hall–Kier alpha value is -1.12. The Labute approximate surface area is 111 Å². The fourth-order valence-corrected chi connectivity index (χ4v) is 2.65. The first kappa shape index (κ1) is 12.3. The predicted octanol–water partition coefficient (Wildman–Crippen LogP) is 4.52. The molecule has 0 heterocycles. The summed E-state index contributed by atoms with van der Waals surface area (Å²) in [5, 5.41) is 0.777. The molecule has 0 radical (unpaired) electrons. The number of hydrogen-bond donors (Lipinski definition) is 1. The second-order valence-corrected chi connectivity index (χ2v) is 5.41. The second kappa shape index (κ2) is 5.48. The Morgan fingerprint density at radius 3 is 2.53 bits per heavy atom. The molecule has 0 spiro atoms. The molecule has 2 aromatic rings. The lowest BCUT2D eigenvalue weighted by atomic mass is 10.2. The van der Waals surface area contributed by atoms with Gasteiger partial charge in [-0.05, 0) is 42.8 Å². The van der Waals surface area contributed by atoms with E-state index in [0.29, 0.717) is 0 Å². The van der Waals surface area contributed by atoms with Crippen LogP contribution in [-0.4, -0.2) is 0 Å². The maximum atomic E-state index is 6.12. The first-order chi connectivity index (χ1) is 8.15. The molecule has 0 saturated heterocycles. The van der Waals surface area contributed by atoms with E-state index in [4.69, 9.17) is 17.3 Å². The molecular weight excluding hydrogens is 250 g/mol. The lowest BCUT2D eigenvalue weighted by Crippen LogP contribution is -1.88. The smallest absolute Gasteiger partial charge is 0.0448 e. The lowest BCUT2D eigenvalue weighted by Gasteiger charge is -2.06. The zero-order valence-electron chi connectivity index (χ0n) is 9.61. The largest absolute Gasteiger partial charge is 0.399 e. The molecule has 0 fully saturated rings. The van der Waals surface area contributed by atoms with E-state index in [1.807, 2.05) is 18.2 Å². The van der Waals surface area contributed by atoms with E-state index >= 15 is 0 Å². The van der Waals surface area contributed by atoms with E-state index < -0.39 is 0 Å². The molecule has 0 aliphatic carbocycles. The molecular formula is C14H14ClNS. The molecule has 0 saturated carbocycles. The topological polar surface area (TPSA) is 26.0 Å². The summed E-state index contributed by atoms with van der Waals surface area (Å²) in [5.41, 5.74) is 8.86. The van der Waals surface area contributed by atoms with Gasteiger partial charge in [-0.1, -0.05) is 29.3 Å². The summed E-state index contributed by atoms with van der Waals surface area (Å²) < 4.78 is 0. The SMILES string of the molecule is Cc1ccc(SCc2cc(N)ccc2Cl)cc1.